The van der Waals surface area contributed by atoms with E-state index in [0.29, 0.717) is 35.5 Å². The van der Waals surface area contributed by atoms with Crippen molar-refractivity contribution in [2.24, 2.45) is 0 Å². The zero-order chi connectivity index (χ0) is 16.5. The molecule has 0 unspecified atom stereocenters. The Morgan fingerprint density at radius 3 is 2.50 bits per heavy atom. The van der Waals surface area contributed by atoms with Crippen LogP contribution in [0.25, 0.3) is 11.0 Å². The summed E-state index contributed by atoms with van der Waals surface area (Å²) in [5.41, 5.74) is 2.38. The van der Waals surface area contributed by atoms with Crippen LogP contribution in [0.2, 0.25) is 0 Å². The van der Waals surface area contributed by atoms with E-state index in [0.717, 1.165) is 24.8 Å². The van der Waals surface area contributed by atoms with E-state index in [9.17, 15) is 4.79 Å². The molecule has 0 radical (unpaired) electrons. The Bertz CT molecular complexity index is 641. The van der Waals surface area contributed by atoms with Crippen LogP contribution in [-0.4, -0.2) is 6.61 Å². The summed E-state index contributed by atoms with van der Waals surface area (Å²) >= 11 is 0. The third-order valence-electron chi connectivity index (χ3n) is 3.33. The van der Waals surface area contributed by atoms with E-state index in [-0.39, 0.29) is 5.43 Å². The lowest BCUT2D eigenvalue weighted by molar-refractivity contribution is 0.237. The van der Waals surface area contributed by atoms with Crippen molar-refractivity contribution in [3.63, 3.8) is 0 Å². The second-order valence-corrected chi connectivity index (χ2v) is 5.15. The molecule has 0 saturated carbocycles. The fourth-order valence-electron chi connectivity index (χ4n) is 2.22. The first kappa shape index (κ1) is 18.3. The lowest BCUT2D eigenvalue weighted by Gasteiger charge is -2.10. The summed E-state index contributed by atoms with van der Waals surface area (Å²) in [6.07, 6.45) is 3.60. The zero-order valence-electron chi connectivity index (χ0n) is 14.5. The molecule has 0 spiro atoms. The molecule has 0 N–H and O–H groups in total. The summed E-state index contributed by atoms with van der Waals surface area (Å²) in [5.74, 6) is 0.404. The molecule has 2 rings (SSSR count). The summed E-state index contributed by atoms with van der Waals surface area (Å²) in [7, 11) is 0. The highest BCUT2D eigenvalue weighted by Crippen LogP contribution is 2.24. The number of unbranched alkanes of at least 4 members (excludes halogenated alkanes) is 1. The fourth-order valence-corrected chi connectivity index (χ4v) is 2.22. The monoisotopic (exact) mass is 304 g/mol. The molecule has 3 nitrogen and oxygen atoms in total. The molecular formula is C19H28O3. The predicted octanol–water partition coefficient (Wildman–Crippen LogP) is 5.26. The van der Waals surface area contributed by atoms with Gasteiger partial charge >= 0.3 is 0 Å². The van der Waals surface area contributed by atoms with Gasteiger partial charge in [-0.05, 0) is 31.9 Å². The quantitative estimate of drug-likeness (QED) is 0.683. The largest absolute Gasteiger partial charge is 0.465 e. The Kier molecular flexibility index (Phi) is 7.72. The number of hydrogen-bond donors (Lipinski definition) is 0. The Morgan fingerprint density at radius 2 is 1.86 bits per heavy atom. The molecule has 0 aliphatic heterocycles. The number of benzene rings is 1. The zero-order valence-corrected chi connectivity index (χ0v) is 14.5. The van der Waals surface area contributed by atoms with E-state index >= 15 is 0 Å². The first-order chi connectivity index (χ1) is 10.7. The SMILES string of the molecule is CC.CCCCOc1oc2ccc(C)cc2c(=O)c1CCC. The Hall–Kier alpha value is -1.77. The van der Waals surface area contributed by atoms with Crippen molar-refractivity contribution in [3.05, 3.63) is 39.5 Å². The third kappa shape index (κ3) is 4.36. The maximum absolute atomic E-state index is 12.6. The number of ether oxygens (including phenoxy) is 1. The molecule has 0 fully saturated rings. The molecule has 1 aromatic carbocycles. The maximum Gasteiger partial charge on any atom is 0.292 e. The average molecular weight is 304 g/mol. The van der Waals surface area contributed by atoms with Gasteiger partial charge in [0.1, 0.15) is 5.58 Å². The molecule has 0 saturated heterocycles. The van der Waals surface area contributed by atoms with Gasteiger partial charge in [-0.1, -0.05) is 52.2 Å². The van der Waals surface area contributed by atoms with Crippen LogP contribution in [-0.2, 0) is 6.42 Å². The van der Waals surface area contributed by atoms with Gasteiger partial charge in [0.2, 0.25) is 0 Å². The van der Waals surface area contributed by atoms with Crippen molar-refractivity contribution in [1.82, 2.24) is 0 Å². The molecule has 3 heteroatoms. The topological polar surface area (TPSA) is 39.4 Å². The Labute approximate surface area is 133 Å². The lowest BCUT2D eigenvalue weighted by Crippen LogP contribution is -2.12. The van der Waals surface area contributed by atoms with Crippen LogP contribution in [0.1, 0.15) is 58.1 Å². The van der Waals surface area contributed by atoms with Crippen molar-refractivity contribution < 1.29 is 9.15 Å². The van der Waals surface area contributed by atoms with E-state index in [1.165, 1.54) is 0 Å². The van der Waals surface area contributed by atoms with Crippen molar-refractivity contribution in [2.75, 3.05) is 6.61 Å². The summed E-state index contributed by atoms with van der Waals surface area (Å²) in [6.45, 7) is 10.7. The number of rotatable bonds is 6. The van der Waals surface area contributed by atoms with E-state index in [2.05, 4.69) is 13.8 Å². The first-order valence-electron chi connectivity index (χ1n) is 8.36. The van der Waals surface area contributed by atoms with Crippen LogP contribution < -0.4 is 10.2 Å². The Balaban J connectivity index is 0.00000116. The average Bonchev–Trinajstić information content (AvgIpc) is 2.54. The highest BCUT2D eigenvalue weighted by Gasteiger charge is 2.15. The lowest BCUT2D eigenvalue weighted by atomic mass is 10.1. The van der Waals surface area contributed by atoms with Crippen LogP contribution in [0.5, 0.6) is 5.95 Å². The van der Waals surface area contributed by atoms with Crippen LogP contribution >= 0.6 is 0 Å². The molecule has 0 amide bonds. The van der Waals surface area contributed by atoms with E-state index in [1.54, 1.807) is 0 Å². The molecule has 1 aromatic heterocycles. The van der Waals surface area contributed by atoms with Gasteiger partial charge in [0.15, 0.2) is 5.43 Å². The summed E-state index contributed by atoms with van der Waals surface area (Å²) in [5, 5.41) is 0.649. The minimum absolute atomic E-state index is 0.0447. The van der Waals surface area contributed by atoms with Crippen LogP contribution in [0, 0.1) is 6.92 Å². The van der Waals surface area contributed by atoms with Gasteiger partial charge in [-0.2, -0.15) is 0 Å². The van der Waals surface area contributed by atoms with Crippen molar-refractivity contribution >= 4 is 11.0 Å². The molecule has 2 aromatic rings. The molecule has 22 heavy (non-hydrogen) atoms. The first-order valence-corrected chi connectivity index (χ1v) is 8.36. The molecular weight excluding hydrogens is 276 g/mol. The molecule has 0 atom stereocenters. The molecule has 0 aliphatic rings. The van der Waals surface area contributed by atoms with Gasteiger partial charge in [-0.25, -0.2) is 0 Å². The summed E-state index contributed by atoms with van der Waals surface area (Å²) in [4.78, 5) is 12.6. The molecule has 0 bridgehead atoms. The maximum atomic E-state index is 12.6. The van der Waals surface area contributed by atoms with Crippen LogP contribution in [0.3, 0.4) is 0 Å². The molecule has 122 valence electrons. The standard InChI is InChI=1S/C17H22O3.C2H6/c1-4-6-10-19-17-13(7-5-2)16(18)14-11-12(3)8-9-15(14)20-17;1-2/h8-9,11H,4-7,10H2,1-3H3;1-2H3. The van der Waals surface area contributed by atoms with Crippen molar-refractivity contribution in [3.8, 4) is 5.95 Å². The van der Waals surface area contributed by atoms with E-state index in [4.69, 9.17) is 9.15 Å². The molecule has 0 aliphatic carbocycles. The second kappa shape index (κ2) is 9.29. The van der Waals surface area contributed by atoms with Gasteiger partial charge in [0.25, 0.3) is 5.95 Å². The minimum atomic E-state index is 0.0447. The predicted molar refractivity (Wildman–Crippen MR) is 93.0 cm³/mol. The van der Waals surface area contributed by atoms with Crippen LogP contribution in [0.15, 0.2) is 27.4 Å². The van der Waals surface area contributed by atoms with Gasteiger partial charge in [-0.3, -0.25) is 4.79 Å². The van der Waals surface area contributed by atoms with E-state index in [1.807, 2.05) is 39.0 Å². The van der Waals surface area contributed by atoms with Gasteiger partial charge < -0.3 is 9.15 Å². The van der Waals surface area contributed by atoms with Crippen molar-refractivity contribution in [1.29, 1.82) is 0 Å². The summed E-state index contributed by atoms with van der Waals surface area (Å²) < 4.78 is 11.5. The summed E-state index contributed by atoms with van der Waals surface area (Å²) in [6, 6.07) is 5.67. The van der Waals surface area contributed by atoms with E-state index < -0.39 is 0 Å². The highest BCUT2D eigenvalue weighted by atomic mass is 16.6. The Morgan fingerprint density at radius 1 is 1.14 bits per heavy atom. The van der Waals surface area contributed by atoms with Crippen molar-refractivity contribution in [2.45, 2.75) is 60.3 Å². The fraction of sp³-hybridized carbons (Fsp3) is 0.526. The number of aryl methyl sites for hydroxylation is 1. The normalized spacial score (nSPS) is 10.2. The minimum Gasteiger partial charge on any atom is -0.465 e. The third-order valence-corrected chi connectivity index (χ3v) is 3.33. The second-order valence-electron chi connectivity index (χ2n) is 5.15. The smallest absolute Gasteiger partial charge is 0.292 e. The highest BCUT2D eigenvalue weighted by molar-refractivity contribution is 5.78. The molecule has 1 heterocycles. The number of fused-ring (bicyclic) bond motifs is 1. The van der Waals surface area contributed by atoms with Crippen LogP contribution in [0.4, 0.5) is 0 Å². The van der Waals surface area contributed by atoms with Gasteiger partial charge in [-0.15, -0.1) is 0 Å². The number of hydrogen-bond acceptors (Lipinski definition) is 3. The van der Waals surface area contributed by atoms with Gasteiger partial charge in [0.05, 0.1) is 17.6 Å². The van der Waals surface area contributed by atoms with Gasteiger partial charge in [0, 0.05) is 0 Å².